The number of amides is 4. The lowest BCUT2D eigenvalue weighted by atomic mass is 10.0. The average Bonchev–Trinajstić information content (AvgIpc) is 4.16. The van der Waals surface area contributed by atoms with Crippen molar-refractivity contribution in [2.75, 3.05) is 33.9 Å². The lowest BCUT2D eigenvalue weighted by Gasteiger charge is -2.30. The molecule has 3 aromatic heterocycles. The van der Waals surface area contributed by atoms with Gasteiger partial charge in [-0.3, -0.25) is 9.59 Å². The highest BCUT2D eigenvalue weighted by molar-refractivity contribution is 7.18. The Bertz CT molecular complexity index is 2230. The van der Waals surface area contributed by atoms with Crippen LogP contribution >= 0.6 is 11.3 Å². The molecular weight excluding hydrogens is 819 g/mol. The highest BCUT2D eigenvalue weighted by Crippen LogP contribution is 2.35. The topological polar surface area (TPSA) is 188 Å². The van der Waals surface area contributed by atoms with Crippen LogP contribution in [0, 0.1) is 31.6 Å². The van der Waals surface area contributed by atoms with E-state index >= 15 is 0 Å². The Hall–Kier alpha value is -6.91. The molecule has 63 heavy (non-hydrogen) atoms. The summed E-state index contributed by atoms with van der Waals surface area (Å²) in [6, 6.07) is 15.4. The average molecular weight is 878 g/mol. The second-order valence-electron chi connectivity index (χ2n) is 14.5. The van der Waals surface area contributed by atoms with Crippen molar-refractivity contribution < 1.29 is 28.7 Å². The van der Waals surface area contributed by atoms with Crippen molar-refractivity contribution in [2.24, 2.45) is 5.92 Å². The summed E-state index contributed by atoms with van der Waals surface area (Å²) in [7, 11) is 2.54. The molecule has 2 aromatic carbocycles. The Morgan fingerprint density at radius 2 is 1.40 bits per heavy atom. The number of carbonyl (C=O) groups is 4. The number of likely N-dealkylation sites (tertiary alicyclic amines) is 1. The summed E-state index contributed by atoms with van der Waals surface area (Å²) in [4.78, 5) is 74.7. The number of terminal acetylenes is 2. The number of aromatic amines is 2. The maximum absolute atomic E-state index is 13.5. The zero-order chi connectivity index (χ0) is 46.5. The zero-order valence-electron chi connectivity index (χ0n) is 37.1. The summed E-state index contributed by atoms with van der Waals surface area (Å²) in [5.41, 5.74) is 5.64. The molecule has 0 aliphatic carbocycles. The number of hydrogen-bond donors (Lipinski definition) is 4. The lowest BCUT2D eigenvalue weighted by molar-refractivity contribution is -0.135. The molecule has 2 atom stereocenters. The minimum absolute atomic E-state index is 0.106. The Labute approximate surface area is 374 Å². The van der Waals surface area contributed by atoms with Crippen molar-refractivity contribution in [3.8, 4) is 69.2 Å². The molecule has 4 N–H and O–H groups in total. The number of nitrogens with zero attached hydrogens (tertiary/aromatic N) is 5. The third-order valence-electron chi connectivity index (χ3n) is 9.65. The first-order valence-corrected chi connectivity index (χ1v) is 21.5. The van der Waals surface area contributed by atoms with Gasteiger partial charge in [0.25, 0.3) is 0 Å². The number of alkyl carbamates (subject to hydrolysis) is 2. The summed E-state index contributed by atoms with van der Waals surface area (Å²) in [5.74, 6) is 0.896. The molecule has 334 valence electrons. The molecule has 6 rings (SSSR count). The molecular formula is C47H59N9O6S. The molecule has 1 aliphatic rings. The zero-order valence-corrected chi connectivity index (χ0v) is 38.0. The van der Waals surface area contributed by atoms with Crippen LogP contribution in [0.4, 0.5) is 9.59 Å². The van der Waals surface area contributed by atoms with Crippen LogP contribution in [-0.4, -0.2) is 98.6 Å². The quantitative estimate of drug-likeness (QED) is 0.0796. The number of methoxy groups -OCH3 is 2. The van der Waals surface area contributed by atoms with Crippen molar-refractivity contribution in [1.29, 1.82) is 0 Å². The van der Waals surface area contributed by atoms with E-state index in [2.05, 4.69) is 87.0 Å². The van der Waals surface area contributed by atoms with E-state index in [1.807, 2.05) is 63.4 Å². The van der Waals surface area contributed by atoms with Gasteiger partial charge < -0.3 is 39.9 Å². The van der Waals surface area contributed by atoms with E-state index in [-0.39, 0.29) is 30.3 Å². The van der Waals surface area contributed by atoms with E-state index < -0.39 is 18.2 Å². The van der Waals surface area contributed by atoms with Crippen LogP contribution in [0.2, 0.25) is 0 Å². The third kappa shape index (κ3) is 13.8. The number of thiazole rings is 1. The number of ether oxygens (including phenoxy) is 2. The lowest BCUT2D eigenvalue weighted by Crippen LogP contribution is -2.51. The van der Waals surface area contributed by atoms with Gasteiger partial charge in [0.1, 0.15) is 29.2 Å². The first kappa shape index (κ1) is 50.4. The molecule has 4 heterocycles. The normalized spacial score (nSPS) is 13.1. The number of carbonyl (C=O) groups excluding carboxylic acids is 4. The molecule has 0 spiro atoms. The molecule has 1 saturated heterocycles. The monoisotopic (exact) mass is 877 g/mol. The molecule has 0 saturated carbocycles. The van der Waals surface area contributed by atoms with Gasteiger partial charge in [-0.2, -0.15) is 0 Å². The van der Waals surface area contributed by atoms with Crippen molar-refractivity contribution >= 4 is 35.3 Å². The van der Waals surface area contributed by atoms with Crippen molar-refractivity contribution in [3.63, 3.8) is 0 Å². The fourth-order valence-electron chi connectivity index (χ4n) is 6.66. The molecule has 1 aliphatic heterocycles. The SMILES string of the molecule is C#C.C#C.CCC.CCCN(Cc1ncc(-c2ccc(-c3ncc(-c4ccc(-c5cnc([C@@H]6CCCN6C(=O)C(NC(=O)OC)C(C)C)[nH]5)cc4)s3)cc2)[nH]1)C(=O)CNC(=O)OC. The van der Waals surface area contributed by atoms with Gasteiger partial charge in [-0.1, -0.05) is 89.6 Å². The summed E-state index contributed by atoms with van der Waals surface area (Å²) in [5, 5.41) is 6.02. The maximum Gasteiger partial charge on any atom is 0.407 e. The summed E-state index contributed by atoms with van der Waals surface area (Å²) in [6.07, 6.45) is 23.8. The largest absolute Gasteiger partial charge is 0.453 e. The molecule has 0 bridgehead atoms. The van der Waals surface area contributed by atoms with Gasteiger partial charge in [-0.05, 0) is 41.9 Å². The molecule has 1 fully saturated rings. The van der Waals surface area contributed by atoms with Crippen molar-refractivity contribution in [1.82, 2.24) is 45.4 Å². The Morgan fingerprint density at radius 3 is 1.98 bits per heavy atom. The molecule has 1 unspecified atom stereocenters. The van der Waals surface area contributed by atoms with Crippen LogP contribution in [0.3, 0.4) is 0 Å². The Balaban J connectivity index is 0.00000143. The van der Waals surface area contributed by atoms with Crippen LogP contribution in [0.5, 0.6) is 0 Å². The van der Waals surface area contributed by atoms with Crippen LogP contribution in [0.15, 0.2) is 67.1 Å². The number of hydrogen-bond acceptors (Lipinski definition) is 10. The van der Waals surface area contributed by atoms with E-state index in [9.17, 15) is 19.2 Å². The first-order valence-electron chi connectivity index (χ1n) is 20.7. The number of imidazole rings is 2. The molecule has 5 aromatic rings. The van der Waals surface area contributed by atoms with E-state index in [1.54, 1.807) is 33.5 Å². The summed E-state index contributed by atoms with van der Waals surface area (Å²) >= 11 is 1.61. The summed E-state index contributed by atoms with van der Waals surface area (Å²) < 4.78 is 9.31. The van der Waals surface area contributed by atoms with E-state index in [1.165, 1.54) is 20.6 Å². The van der Waals surface area contributed by atoms with Gasteiger partial charge in [0.15, 0.2) is 0 Å². The first-order chi connectivity index (χ1) is 30.5. The van der Waals surface area contributed by atoms with Gasteiger partial charge >= 0.3 is 12.2 Å². The highest BCUT2D eigenvalue weighted by atomic mass is 32.1. The predicted octanol–water partition coefficient (Wildman–Crippen LogP) is 8.31. The van der Waals surface area contributed by atoms with Gasteiger partial charge in [0, 0.05) is 24.8 Å². The number of benzene rings is 2. The minimum Gasteiger partial charge on any atom is -0.453 e. The van der Waals surface area contributed by atoms with Crippen LogP contribution in [-0.2, 0) is 25.6 Å². The second-order valence-corrected chi connectivity index (χ2v) is 15.6. The molecule has 4 amide bonds. The van der Waals surface area contributed by atoms with Crippen LogP contribution in [0.1, 0.15) is 78.0 Å². The van der Waals surface area contributed by atoms with E-state index in [0.29, 0.717) is 25.5 Å². The molecule has 16 heteroatoms. The van der Waals surface area contributed by atoms with E-state index in [0.717, 1.165) is 68.6 Å². The Morgan fingerprint density at radius 1 is 0.825 bits per heavy atom. The van der Waals surface area contributed by atoms with Crippen molar-refractivity contribution in [3.05, 3.63) is 78.8 Å². The standard InChI is InChI=1S/C40H47N9O6S.C3H8.2C2H2/c1-6-17-48(34(50)22-44-39(52)54-4)23-33-41-19-29(45-33)25-11-15-28(16-12-25)37-43-21-32(56-37)27-13-9-26(10-14-27)30-20-42-36(46-30)31-8-7-18-49(31)38(51)35(24(2)3)47-40(53)55-5;1-3-2;2*1-2/h9-16,19-21,24,31,35H,6-8,17-18,22-23H2,1-5H3,(H,41,45)(H,42,46)(H,44,52)(H,47,53);3H2,1-2H3;2*1-2H/t31-,35?;;;/m0.../s1. The number of aromatic nitrogens is 5. The number of rotatable bonds is 14. The van der Waals surface area contributed by atoms with Gasteiger partial charge in [0.05, 0.1) is 55.5 Å². The van der Waals surface area contributed by atoms with E-state index in [4.69, 9.17) is 9.72 Å². The second kappa shape index (κ2) is 25.8. The highest BCUT2D eigenvalue weighted by Gasteiger charge is 2.37. The van der Waals surface area contributed by atoms with Gasteiger partial charge in [-0.25, -0.2) is 24.5 Å². The maximum atomic E-state index is 13.5. The smallest absolute Gasteiger partial charge is 0.407 e. The van der Waals surface area contributed by atoms with Crippen LogP contribution in [0.25, 0.3) is 43.5 Å². The number of nitrogens with one attached hydrogen (secondary N) is 4. The Kier molecular flexibility index (Phi) is 20.6. The number of H-pyrrole nitrogens is 2. The molecule has 0 radical (unpaired) electrons. The van der Waals surface area contributed by atoms with Gasteiger partial charge in [-0.15, -0.1) is 37.0 Å². The van der Waals surface area contributed by atoms with Crippen LogP contribution < -0.4 is 10.6 Å². The fraction of sp³-hybridized carbons (Fsp3) is 0.383. The fourth-order valence-corrected chi connectivity index (χ4v) is 7.58. The minimum atomic E-state index is -0.689. The predicted molar refractivity (Wildman–Crippen MR) is 248 cm³/mol. The summed E-state index contributed by atoms with van der Waals surface area (Å²) in [6.45, 7) is 11.3. The van der Waals surface area contributed by atoms with Gasteiger partial charge in [0.2, 0.25) is 11.8 Å². The third-order valence-corrected chi connectivity index (χ3v) is 10.7. The van der Waals surface area contributed by atoms with Crippen molar-refractivity contribution in [2.45, 2.75) is 78.9 Å². The molecule has 15 nitrogen and oxygen atoms in total.